The molecule has 0 spiro atoms. The van der Waals surface area contributed by atoms with E-state index >= 15 is 0 Å². The number of hydrogen-bond donors (Lipinski definition) is 2. The lowest BCUT2D eigenvalue weighted by atomic mass is 10.3. The summed E-state index contributed by atoms with van der Waals surface area (Å²) in [6.45, 7) is 3.13. The fourth-order valence-electron chi connectivity index (χ4n) is 1.84. The largest absolute Gasteiger partial charge is 0.513 e. The minimum absolute atomic E-state index is 0.276. The summed E-state index contributed by atoms with van der Waals surface area (Å²) in [5.74, 6) is 0.0667. The molecule has 1 unspecified atom stereocenters. The second-order valence-corrected chi connectivity index (χ2v) is 7.11. The fourth-order valence-corrected chi connectivity index (χ4v) is 3.12. The van der Waals surface area contributed by atoms with Crippen molar-refractivity contribution in [3.8, 4) is 11.5 Å². The molecule has 3 N–H and O–H groups in total. The zero-order valence-electron chi connectivity index (χ0n) is 14.0. The van der Waals surface area contributed by atoms with Gasteiger partial charge in [-0.25, -0.2) is 4.57 Å². The van der Waals surface area contributed by atoms with Crippen LogP contribution in [0.1, 0.15) is 13.8 Å². The molecule has 0 radical (unpaired) electrons. The Morgan fingerprint density at radius 1 is 1.04 bits per heavy atom. The van der Waals surface area contributed by atoms with Gasteiger partial charge in [-0.1, -0.05) is 18.2 Å². The highest BCUT2D eigenvalue weighted by Gasteiger charge is 2.29. The van der Waals surface area contributed by atoms with Crippen molar-refractivity contribution in [2.45, 2.75) is 20.0 Å². The summed E-state index contributed by atoms with van der Waals surface area (Å²) >= 11 is 0. The predicted molar refractivity (Wildman–Crippen MR) is 95.4 cm³/mol. The number of nitrogens with two attached hydrogens (primary N) is 1. The molecule has 8 heteroatoms. The number of rotatable bonds is 8. The van der Waals surface area contributed by atoms with Crippen molar-refractivity contribution < 1.29 is 23.1 Å². The third kappa shape index (κ3) is 6.49. The number of anilines is 1. The van der Waals surface area contributed by atoms with Crippen LogP contribution in [0.3, 0.4) is 0 Å². The van der Waals surface area contributed by atoms with E-state index in [1.54, 1.807) is 68.4 Å². The molecule has 0 aliphatic carbocycles. The molecule has 134 valence electrons. The Morgan fingerprint density at radius 3 is 2.16 bits per heavy atom. The molecule has 0 aromatic heterocycles. The maximum Gasteiger partial charge on any atom is 0.513 e. The van der Waals surface area contributed by atoms with Crippen LogP contribution >= 0.6 is 7.75 Å². The standard InChI is InChI=1S/C17H21N2O5P/c1-13(2)22-17(20)12-19-25(21,23-15-6-4-3-5-7-15)24-16-10-8-14(18)9-11-16/h3-11,13H,12,18H2,1-2H3,(H,19,21). The van der Waals surface area contributed by atoms with E-state index in [2.05, 4.69) is 5.09 Å². The smallest absolute Gasteiger partial charge is 0.462 e. The van der Waals surface area contributed by atoms with E-state index < -0.39 is 13.7 Å². The minimum atomic E-state index is -3.87. The summed E-state index contributed by atoms with van der Waals surface area (Å²) in [5, 5.41) is 2.52. The lowest BCUT2D eigenvalue weighted by Crippen LogP contribution is -2.28. The van der Waals surface area contributed by atoms with E-state index in [0.29, 0.717) is 11.4 Å². The first-order valence-corrected chi connectivity index (χ1v) is 9.25. The number of nitrogen functional groups attached to an aromatic ring is 1. The zero-order valence-corrected chi connectivity index (χ0v) is 14.9. The molecular weight excluding hydrogens is 343 g/mol. The van der Waals surface area contributed by atoms with Crippen LogP contribution < -0.4 is 19.9 Å². The molecular formula is C17H21N2O5P. The number of benzene rings is 2. The number of carbonyl (C=O) groups is 1. The lowest BCUT2D eigenvalue weighted by Gasteiger charge is -2.20. The van der Waals surface area contributed by atoms with Crippen molar-refractivity contribution in [1.82, 2.24) is 5.09 Å². The van der Waals surface area contributed by atoms with Crippen molar-refractivity contribution in [2.24, 2.45) is 0 Å². The summed E-state index contributed by atoms with van der Waals surface area (Å²) in [5.41, 5.74) is 6.17. The maximum absolute atomic E-state index is 13.0. The Morgan fingerprint density at radius 2 is 1.60 bits per heavy atom. The molecule has 0 heterocycles. The Hall–Kier alpha value is -2.50. The monoisotopic (exact) mass is 364 g/mol. The number of hydrogen-bond acceptors (Lipinski definition) is 6. The van der Waals surface area contributed by atoms with Gasteiger partial charge in [0.05, 0.1) is 6.10 Å². The lowest BCUT2D eigenvalue weighted by molar-refractivity contribution is -0.145. The van der Waals surface area contributed by atoms with Crippen LogP contribution in [-0.4, -0.2) is 18.6 Å². The third-order valence-electron chi connectivity index (χ3n) is 2.86. The zero-order chi connectivity index (χ0) is 18.3. The molecule has 1 atom stereocenters. The summed E-state index contributed by atoms with van der Waals surface area (Å²) in [4.78, 5) is 11.7. The van der Waals surface area contributed by atoms with Gasteiger partial charge in [0.25, 0.3) is 0 Å². The topological polar surface area (TPSA) is 99.9 Å². The van der Waals surface area contributed by atoms with Gasteiger partial charge in [-0.2, -0.15) is 5.09 Å². The summed E-state index contributed by atoms with van der Waals surface area (Å²) in [6, 6.07) is 14.9. The van der Waals surface area contributed by atoms with Crippen molar-refractivity contribution >= 4 is 19.4 Å². The van der Waals surface area contributed by atoms with Crippen LogP contribution in [0.25, 0.3) is 0 Å². The van der Waals surface area contributed by atoms with E-state index in [0.717, 1.165) is 0 Å². The number of carbonyl (C=O) groups excluding carboxylic acids is 1. The fraction of sp³-hybridized carbons (Fsp3) is 0.235. The average molecular weight is 364 g/mol. The second-order valence-electron chi connectivity index (χ2n) is 5.44. The summed E-state index contributed by atoms with van der Waals surface area (Å²) < 4.78 is 29.0. The third-order valence-corrected chi connectivity index (χ3v) is 4.31. The molecule has 2 aromatic rings. The summed E-state index contributed by atoms with van der Waals surface area (Å²) in [7, 11) is -3.87. The predicted octanol–water partition coefficient (Wildman–Crippen LogP) is 3.38. The summed E-state index contributed by atoms with van der Waals surface area (Å²) in [6.07, 6.45) is -0.276. The molecule has 0 aliphatic rings. The van der Waals surface area contributed by atoms with Gasteiger partial charge < -0.3 is 19.5 Å². The highest BCUT2D eigenvalue weighted by atomic mass is 31.2. The molecule has 0 saturated heterocycles. The number of nitrogens with one attached hydrogen (secondary N) is 1. The Bertz CT molecular complexity index is 734. The first-order valence-electron chi connectivity index (χ1n) is 7.71. The second kappa shape index (κ2) is 8.55. The normalized spacial score (nSPS) is 13.1. The maximum atomic E-state index is 13.0. The SMILES string of the molecule is CC(C)OC(=O)CNP(=O)(Oc1ccccc1)Oc1ccc(N)cc1. The molecule has 7 nitrogen and oxygen atoms in total. The van der Waals surface area contributed by atoms with Crippen LogP contribution in [0.5, 0.6) is 11.5 Å². The van der Waals surface area contributed by atoms with Crippen molar-refractivity contribution in [3.05, 3.63) is 54.6 Å². The first kappa shape index (κ1) is 18.8. The van der Waals surface area contributed by atoms with Crippen molar-refractivity contribution in [3.63, 3.8) is 0 Å². The number of ether oxygens (including phenoxy) is 1. The number of esters is 1. The van der Waals surface area contributed by atoms with E-state index in [-0.39, 0.29) is 18.4 Å². The Balaban J connectivity index is 2.13. The van der Waals surface area contributed by atoms with Gasteiger partial charge in [-0.05, 0) is 50.2 Å². The average Bonchev–Trinajstić information content (AvgIpc) is 2.56. The van der Waals surface area contributed by atoms with Gasteiger partial charge in [0, 0.05) is 5.69 Å². The molecule has 2 aromatic carbocycles. The highest BCUT2D eigenvalue weighted by Crippen LogP contribution is 2.44. The first-order chi connectivity index (χ1) is 11.9. The Labute approximate surface area is 146 Å². The van der Waals surface area contributed by atoms with E-state index in [1.165, 1.54) is 0 Å². The van der Waals surface area contributed by atoms with Crippen LogP contribution in [-0.2, 0) is 14.1 Å². The molecule has 25 heavy (non-hydrogen) atoms. The van der Waals surface area contributed by atoms with Gasteiger partial charge in [-0.15, -0.1) is 0 Å². The van der Waals surface area contributed by atoms with Gasteiger partial charge in [0.2, 0.25) is 0 Å². The van der Waals surface area contributed by atoms with E-state index in [1.807, 2.05) is 0 Å². The minimum Gasteiger partial charge on any atom is -0.462 e. The van der Waals surface area contributed by atoms with Gasteiger partial charge in [-0.3, -0.25) is 4.79 Å². The molecule has 0 saturated carbocycles. The number of para-hydroxylation sites is 1. The van der Waals surface area contributed by atoms with E-state index in [9.17, 15) is 9.36 Å². The van der Waals surface area contributed by atoms with E-state index in [4.69, 9.17) is 19.5 Å². The van der Waals surface area contributed by atoms with Crippen molar-refractivity contribution in [1.29, 1.82) is 0 Å². The quantitative estimate of drug-likeness (QED) is 0.421. The van der Waals surface area contributed by atoms with Gasteiger partial charge in [0.15, 0.2) is 0 Å². The highest BCUT2D eigenvalue weighted by molar-refractivity contribution is 7.52. The van der Waals surface area contributed by atoms with Crippen molar-refractivity contribution in [2.75, 3.05) is 12.3 Å². The Kier molecular flexibility index (Phi) is 6.44. The molecule has 0 aliphatic heterocycles. The molecule has 0 fully saturated rings. The van der Waals surface area contributed by atoms with Crippen LogP contribution in [0.15, 0.2) is 54.6 Å². The molecule has 2 rings (SSSR count). The van der Waals surface area contributed by atoms with Crippen LogP contribution in [0.4, 0.5) is 5.69 Å². The van der Waals surface area contributed by atoms with Gasteiger partial charge in [0.1, 0.15) is 18.0 Å². The van der Waals surface area contributed by atoms with Crippen LogP contribution in [0, 0.1) is 0 Å². The van der Waals surface area contributed by atoms with Gasteiger partial charge >= 0.3 is 13.7 Å². The molecule has 0 bridgehead atoms. The molecule has 0 amide bonds. The van der Waals surface area contributed by atoms with Crippen LogP contribution in [0.2, 0.25) is 0 Å².